The Morgan fingerprint density at radius 1 is 1.41 bits per heavy atom. The van der Waals surface area contributed by atoms with Crippen LogP contribution in [0.3, 0.4) is 0 Å². The van der Waals surface area contributed by atoms with Gasteiger partial charge in [-0.1, -0.05) is 20.8 Å². The van der Waals surface area contributed by atoms with E-state index in [1.54, 1.807) is 19.3 Å². The number of imide groups is 1. The molecule has 0 aromatic heterocycles. The molecule has 0 radical (unpaired) electrons. The molecule has 0 saturated heterocycles. The van der Waals surface area contributed by atoms with E-state index in [-0.39, 0.29) is 11.9 Å². The van der Waals surface area contributed by atoms with E-state index >= 15 is 0 Å². The number of rotatable bonds is 6. The van der Waals surface area contributed by atoms with Crippen LogP contribution in [0.25, 0.3) is 0 Å². The van der Waals surface area contributed by atoms with Gasteiger partial charge in [0.15, 0.2) is 5.92 Å². The summed E-state index contributed by atoms with van der Waals surface area (Å²) in [5.74, 6) is 0.603. The van der Waals surface area contributed by atoms with Gasteiger partial charge in [0.1, 0.15) is 12.0 Å². The molecule has 22 heavy (non-hydrogen) atoms. The summed E-state index contributed by atoms with van der Waals surface area (Å²) < 4.78 is 7.14. The molecular weight excluding hydrogens is 282 g/mol. The number of nitrogens with zero attached hydrogens (tertiary/aromatic N) is 3. The van der Waals surface area contributed by atoms with Crippen molar-refractivity contribution in [3.05, 3.63) is 11.8 Å². The first kappa shape index (κ1) is 16.4. The number of ether oxygens (including phenoxy) is 1. The Balaban J connectivity index is 2.30. The van der Waals surface area contributed by atoms with Crippen molar-refractivity contribution in [2.75, 3.05) is 20.2 Å². The maximum atomic E-state index is 12.8. The van der Waals surface area contributed by atoms with Gasteiger partial charge >= 0.3 is 11.9 Å². The maximum Gasteiger partial charge on any atom is 0.445 e. The molecule has 0 aromatic rings. The fourth-order valence-electron chi connectivity index (χ4n) is 2.47. The lowest BCUT2D eigenvalue weighted by Crippen LogP contribution is -2.55. The Bertz CT molecular complexity index is 561. The Labute approximate surface area is 131 Å². The summed E-state index contributed by atoms with van der Waals surface area (Å²) in [6, 6.07) is -0.314. The van der Waals surface area contributed by atoms with E-state index in [9.17, 15) is 9.59 Å². The highest BCUT2D eigenvalue weighted by Crippen LogP contribution is 2.25. The third-order valence-electron chi connectivity index (χ3n) is 3.77. The molecular formula is C16H24N3O3+. The minimum absolute atomic E-state index is 0.238. The second-order valence-electron chi connectivity index (χ2n) is 6.00. The van der Waals surface area contributed by atoms with Gasteiger partial charge in [-0.05, 0) is 18.8 Å². The van der Waals surface area contributed by atoms with Gasteiger partial charge in [0.25, 0.3) is 5.84 Å². The maximum absolute atomic E-state index is 12.8. The molecule has 2 rings (SSSR count). The van der Waals surface area contributed by atoms with Crippen molar-refractivity contribution in [2.45, 2.75) is 33.6 Å². The Kier molecular flexibility index (Phi) is 5.11. The number of hydrogen-bond donors (Lipinski definition) is 0. The van der Waals surface area contributed by atoms with E-state index in [0.29, 0.717) is 30.7 Å². The highest BCUT2D eigenvalue weighted by molar-refractivity contribution is 6.15. The molecule has 0 N–H and O–H groups in total. The van der Waals surface area contributed by atoms with Crippen LogP contribution in [0.1, 0.15) is 33.6 Å². The molecule has 0 fully saturated rings. The first-order valence-electron chi connectivity index (χ1n) is 7.80. The minimum Gasteiger partial charge on any atom is -0.496 e. The number of fused-ring (bicyclic) bond motifs is 1. The predicted molar refractivity (Wildman–Crippen MR) is 84.1 cm³/mol. The van der Waals surface area contributed by atoms with Gasteiger partial charge in [-0.25, -0.2) is 4.79 Å². The number of carbonyl (C=O) groups excluding carboxylic acids is 2. The van der Waals surface area contributed by atoms with Crippen LogP contribution in [0.15, 0.2) is 16.8 Å². The van der Waals surface area contributed by atoms with E-state index in [2.05, 4.69) is 18.8 Å². The second-order valence-corrected chi connectivity index (χ2v) is 6.00. The number of dihydropyridines is 1. The van der Waals surface area contributed by atoms with Crippen LogP contribution in [-0.2, 0) is 9.53 Å². The monoisotopic (exact) mass is 306 g/mol. The molecule has 3 amide bonds. The van der Waals surface area contributed by atoms with Gasteiger partial charge in [0.05, 0.1) is 20.2 Å². The van der Waals surface area contributed by atoms with Crippen molar-refractivity contribution in [3.63, 3.8) is 0 Å². The van der Waals surface area contributed by atoms with E-state index in [4.69, 9.17) is 4.74 Å². The van der Waals surface area contributed by atoms with E-state index in [1.165, 1.54) is 9.48 Å². The van der Waals surface area contributed by atoms with Crippen molar-refractivity contribution in [3.8, 4) is 0 Å². The number of carbonyl (C=O) groups is 2. The van der Waals surface area contributed by atoms with Gasteiger partial charge in [-0.15, -0.1) is 4.99 Å². The average Bonchev–Trinajstić information content (AvgIpc) is 2.50. The molecule has 0 saturated carbocycles. The SMILES string of the molecule is CCCOC1=CC=NC2=[N+](C)C(=O)N(CCC(C)C)C(=O)C12. The zero-order valence-corrected chi connectivity index (χ0v) is 13.7. The number of hydrogen-bond acceptors (Lipinski definition) is 4. The summed E-state index contributed by atoms with van der Waals surface area (Å²) in [5.41, 5.74) is 0. The topological polar surface area (TPSA) is 62.0 Å². The van der Waals surface area contributed by atoms with Crippen molar-refractivity contribution >= 4 is 24.0 Å². The van der Waals surface area contributed by atoms with E-state index < -0.39 is 5.92 Å². The first-order valence-corrected chi connectivity index (χ1v) is 7.80. The zero-order valence-electron chi connectivity index (χ0n) is 13.7. The summed E-state index contributed by atoms with van der Waals surface area (Å²) in [6.45, 7) is 7.12. The molecule has 120 valence electrons. The van der Waals surface area contributed by atoms with Gasteiger partial charge < -0.3 is 4.74 Å². The third-order valence-corrected chi connectivity index (χ3v) is 3.77. The van der Waals surface area contributed by atoms with Crippen LogP contribution in [0.2, 0.25) is 0 Å². The molecule has 2 aliphatic rings. The van der Waals surface area contributed by atoms with E-state index in [1.807, 2.05) is 6.92 Å². The van der Waals surface area contributed by atoms with Crippen LogP contribution in [0, 0.1) is 11.8 Å². The molecule has 6 nitrogen and oxygen atoms in total. The highest BCUT2D eigenvalue weighted by atomic mass is 16.5. The van der Waals surface area contributed by atoms with Crippen molar-refractivity contribution in [1.82, 2.24) is 4.90 Å². The van der Waals surface area contributed by atoms with Crippen LogP contribution in [-0.4, -0.2) is 53.7 Å². The van der Waals surface area contributed by atoms with Crippen LogP contribution >= 0.6 is 0 Å². The Morgan fingerprint density at radius 3 is 2.77 bits per heavy atom. The molecule has 1 atom stereocenters. The second kappa shape index (κ2) is 6.85. The predicted octanol–water partition coefficient (Wildman–Crippen LogP) is 2.05. The average molecular weight is 306 g/mol. The largest absolute Gasteiger partial charge is 0.496 e. The Hall–Kier alpha value is -1.98. The molecule has 0 aromatic carbocycles. The third kappa shape index (κ3) is 3.10. The fourth-order valence-corrected chi connectivity index (χ4v) is 2.47. The smallest absolute Gasteiger partial charge is 0.445 e. The molecule has 0 bridgehead atoms. The van der Waals surface area contributed by atoms with Gasteiger partial charge in [-0.2, -0.15) is 9.48 Å². The summed E-state index contributed by atoms with van der Waals surface area (Å²) in [7, 11) is 1.65. The van der Waals surface area contributed by atoms with Crippen molar-refractivity contribution < 1.29 is 18.9 Å². The summed E-state index contributed by atoms with van der Waals surface area (Å²) in [5, 5.41) is 0. The summed E-state index contributed by atoms with van der Waals surface area (Å²) >= 11 is 0. The lowest BCUT2D eigenvalue weighted by molar-refractivity contribution is -0.408. The molecule has 1 unspecified atom stereocenters. The van der Waals surface area contributed by atoms with Crippen LogP contribution in [0.5, 0.6) is 0 Å². The zero-order chi connectivity index (χ0) is 16.3. The molecule has 2 heterocycles. The number of urea groups is 1. The lowest BCUT2D eigenvalue weighted by Gasteiger charge is -2.28. The van der Waals surface area contributed by atoms with Crippen LogP contribution in [0.4, 0.5) is 4.79 Å². The molecule has 0 spiro atoms. The quantitative estimate of drug-likeness (QED) is 0.706. The molecule has 6 heteroatoms. The summed E-state index contributed by atoms with van der Waals surface area (Å²) in [6.07, 6.45) is 4.94. The highest BCUT2D eigenvalue weighted by Gasteiger charge is 2.49. The molecule has 0 aliphatic carbocycles. The summed E-state index contributed by atoms with van der Waals surface area (Å²) in [4.78, 5) is 30.7. The number of amides is 3. The lowest BCUT2D eigenvalue weighted by atomic mass is 9.99. The van der Waals surface area contributed by atoms with E-state index in [0.717, 1.165) is 12.8 Å². The van der Waals surface area contributed by atoms with Gasteiger partial charge in [0.2, 0.25) is 0 Å². The number of allylic oxidation sites excluding steroid dienone is 1. The number of amidine groups is 1. The van der Waals surface area contributed by atoms with Crippen LogP contribution < -0.4 is 0 Å². The molecule has 2 aliphatic heterocycles. The number of aliphatic imine (C=N–C) groups is 1. The van der Waals surface area contributed by atoms with Gasteiger partial charge in [0, 0.05) is 6.08 Å². The standard InChI is InChI=1S/C16H24N3O3/c1-5-10-22-12-6-8-17-14-13(12)15(20)19(9-7-11(2)3)16(21)18(14)4/h6,8,11,13H,5,7,9-10H2,1-4H3/q+1. The first-order chi connectivity index (χ1) is 10.5. The minimum atomic E-state index is -0.605. The van der Waals surface area contributed by atoms with Gasteiger partial charge in [-0.3, -0.25) is 4.79 Å². The van der Waals surface area contributed by atoms with Crippen molar-refractivity contribution in [1.29, 1.82) is 0 Å². The fraction of sp³-hybridized carbons (Fsp3) is 0.625. The van der Waals surface area contributed by atoms with Crippen molar-refractivity contribution in [2.24, 2.45) is 16.8 Å². The normalized spacial score (nSPS) is 21.4. The Morgan fingerprint density at radius 2 is 2.14 bits per heavy atom.